The van der Waals surface area contributed by atoms with Crippen LogP contribution >= 0.6 is 0 Å². The number of carbonyl (C=O) groups is 1. The minimum absolute atomic E-state index is 0.0538. The highest BCUT2D eigenvalue weighted by Crippen LogP contribution is 2.16. The smallest absolute Gasteiger partial charge is 0.189 e. The Hall–Kier alpha value is -2.61. The third-order valence-corrected chi connectivity index (χ3v) is 3.01. The van der Waals surface area contributed by atoms with Crippen LogP contribution in [-0.2, 0) is 0 Å². The summed E-state index contributed by atoms with van der Waals surface area (Å²) in [4.78, 5) is 11.8. The Labute approximate surface area is 111 Å². The van der Waals surface area contributed by atoms with Gasteiger partial charge >= 0.3 is 0 Å². The standard InChI is InChI=1S/C17H12O2/c18-17(16-9-10-19-12-16)8-6-13-5-7-14-3-1-2-4-15(14)11-13/h1-12H. The summed E-state index contributed by atoms with van der Waals surface area (Å²) >= 11 is 0. The van der Waals surface area contributed by atoms with E-state index in [0.29, 0.717) is 5.56 Å². The summed E-state index contributed by atoms with van der Waals surface area (Å²) in [6.45, 7) is 0. The third-order valence-electron chi connectivity index (χ3n) is 3.01. The summed E-state index contributed by atoms with van der Waals surface area (Å²) in [5.74, 6) is -0.0538. The number of rotatable bonds is 3. The molecule has 0 saturated carbocycles. The Kier molecular flexibility index (Phi) is 2.99. The van der Waals surface area contributed by atoms with Gasteiger partial charge in [-0.3, -0.25) is 4.79 Å². The van der Waals surface area contributed by atoms with E-state index in [1.807, 2.05) is 24.3 Å². The van der Waals surface area contributed by atoms with Crippen molar-refractivity contribution in [3.8, 4) is 0 Å². The fourth-order valence-electron chi connectivity index (χ4n) is 1.98. The summed E-state index contributed by atoms with van der Waals surface area (Å²) in [5, 5.41) is 2.36. The van der Waals surface area contributed by atoms with Crippen LogP contribution in [0.3, 0.4) is 0 Å². The highest BCUT2D eigenvalue weighted by atomic mass is 16.3. The van der Waals surface area contributed by atoms with Crippen LogP contribution in [0.15, 0.2) is 71.6 Å². The Morgan fingerprint density at radius 1 is 1.00 bits per heavy atom. The van der Waals surface area contributed by atoms with E-state index in [9.17, 15) is 4.79 Å². The van der Waals surface area contributed by atoms with E-state index in [1.54, 1.807) is 12.1 Å². The van der Waals surface area contributed by atoms with Gasteiger partial charge in [0.2, 0.25) is 0 Å². The molecule has 0 fully saturated rings. The van der Waals surface area contributed by atoms with E-state index in [4.69, 9.17) is 4.42 Å². The number of hydrogen-bond acceptors (Lipinski definition) is 2. The van der Waals surface area contributed by atoms with E-state index in [0.717, 1.165) is 5.56 Å². The van der Waals surface area contributed by atoms with Crippen molar-refractivity contribution in [1.82, 2.24) is 0 Å². The average Bonchev–Trinajstić information content (AvgIpc) is 2.99. The first-order chi connectivity index (χ1) is 9.33. The molecule has 1 heterocycles. The maximum absolute atomic E-state index is 11.8. The van der Waals surface area contributed by atoms with E-state index < -0.39 is 0 Å². The van der Waals surface area contributed by atoms with Gasteiger partial charge in [0.25, 0.3) is 0 Å². The van der Waals surface area contributed by atoms with Crippen LogP contribution in [0.2, 0.25) is 0 Å². The third kappa shape index (κ3) is 2.47. The van der Waals surface area contributed by atoms with Crippen LogP contribution in [0.4, 0.5) is 0 Å². The van der Waals surface area contributed by atoms with Gasteiger partial charge in [0, 0.05) is 0 Å². The van der Waals surface area contributed by atoms with E-state index >= 15 is 0 Å². The summed E-state index contributed by atoms with van der Waals surface area (Å²) in [5.41, 5.74) is 1.58. The van der Waals surface area contributed by atoms with Crippen molar-refractivity contribution < 1.29 is 9.21 Å². The summed E-state index contributed by atoms with van der Waals surface area (Å²) in [7, 11) is 0. The lowest BCUT2D eigenvalue weighted by Gasteiger charge is -1.98. The number of furan rings is 1. The van der Waals surface area contributed by atoms with Gasteiger partial charge in [0.15, 0.2) is 5.78 Å². The average molecular weight is 248 g/mol. The molecule has 3 rings (SSSR count). The molecule has 2 heteroatoms. The molecule has 92 valence electrons. The van der Waals surface area contributed by atoms with Crippen LogP contribution < -0.4 is 0 Å². The Balaban J connectivity index is 1.87. The van der Waals surface area contributed by atoms with Crippen LogP contribution in [-0.4, -0.2) is 5.78 Å². The van der Waals surface area contributed by atoms with Crippen LogP contribution in [0.5, 0.6) is 0 Å². The lowest BCUT2D eigenvalue weighted by Crippen LogP contribution is -1.90. The predicted molar refractivity (Wildman–Crippen MR) is 76.0 cm³/mol. The first-order valence-corrected chi connectivity index (χ1v) is 6.06. The topological polar surface area (TPSA) is 30.2 Å². The van der Waals surface area contributed by atoms with Crippen molar-refractivity contribution in [3.63, 3.8) is 0 Å². The number of allylic oxidation sites excluding steroid dienone is 1. The molecule has 3 aromatic rings. The van der Waals surface area contributed by atoms with E-state index in [-0.39, 0.29) is 5.78 Å². The molecule has 0 spiro atoms. The van der Waals surface area contributed by atoms with Crippen molar-refractivity contribution in [1.29, 1.82) is 0 Å². The number of hydrogen-bond donors (Lipinski definition) is 0. The molecule has 0 aliphatic carbocycles. The van der Waals surface area contributed by atoms with Crippen LogP contribution in [0, 0.1) is 0 Å². The molecular weight excluding hydrogens is 236 g/mol. The highest BCUT2D eigenvalue weighted by Gasteiger charge is 2.02. The zero-order valence-electron chi connectivity index (χ0n) is 10.2. The minimum atomic E-state index is -0.0538. The highest BCUT2D eigenvalue weighted by molar-refractivity contribution is 6.06. The predicted octanol–water partition coefficient (Wildman–Crippen LogP) is 4.33. The molecule has 1 aromatic heterocycles. The second-order valence-electron chi connectivity index (χ2n) is 4.32. The van der Waals surface area contributed by atoms with Crippen molar-refractivity contribution in [2.24, 2.45) is 0 Å². The van der Waals surface area contributed by atoms with Crippen LogP contribution in [0.25, 0.3) is 16.8 Å². The van der Waals surface area contributed by atoms with Gasteiger partial charge in [-0.05, 0) is 34.5 Å². The second kappa shape index (κ2) is 4.94. The number of benzene rings is 2. The molecular formula is C17H12O2. The van der Waals surface area contributed by atoms with Gasteiger partial charge in [0.1, 0.15) is 6.26 Å². The van der Waals surface area contributed by atoms with Gasteiger partial charge in [-0.25, -0.2) is 0 Å². The Morgan fingerprint density at radius 3 is 2.63 bits per heavy atom. The van der Waals surface area contributed by atoms with Gasteiger partial charge in [-0.15, -0.1) is 0 Å². The van der Waals surface area contributed by atoms with Gasteiger partial charge < -0.3 is 4.42 Å². The van der Waals surface area contributed by atoms with Crippen molar-refractivity contribution in [2.45, 2.75) is 0 Å². The molecule has 0 aliphatic rings. The number of ketones is 1. The molecule has 0 amide bonds. The quantitative estimate of drug-likeness (QED) is 0.510. The first kappa shape index (κ1) is 11.5. The Bertz CT molecular complexity index is 737. The lowest BCUT2D eigenvalue weighted by atomic mass is 10.1. The normalized spacial score (nSPS) is 11.2. The summed E-state index contributed by atoms with van der Waals surface area (Å²) < 4.78 is 4.89. The first-order valence-electron chi connectivity index (χ1n) is 6.06. The number of fused-ring (bicyclic) bond motifs is 1. The maximum atomic E-state index is 11.8. The molecule has 0 bridgehead atoms. The fourth-order valence-corrected chi connectivity index (χ4v) is 1.98. The van der Waals surface area contributed by atoms with Gasteiger partial charge in [-0.2, -0.15) is 0 Å². The largest absolute Gasteiger partial charge is 0.472 e. The van der Waals surface area contributed by atoms with Gasteiger partial charge in [0.05, 0.1) is 11.8 Å². The molecule has 0 aliphatic heterocycles. The molecule has 0 saturated heterocycles. The van der Waals surface area contributed by atoms with Crippen LogP contribution in [0.1, 0.15) is 15.9 Å². The minimum Gasteiger partial charge on any atom is -0.472 e. The van der Waals surface area contributed by atoms with Gasteiger partial charge in [-0.1, -0.05) is 42.5 Å². The molecule has 0 unspecified atom stereocenters. The second-order valence-corrected chi connectivity index (χ2v) is 4.32. The monoisotopic (exact) mass is 248 g/mol. The van der Waals surface area contributed by atoms with E-state index in [1.165, 1.54) is 23.3 Å². The molecule has 0 radical (unpaired) electrons. The zero-order valence-corrected chi connectivity index (χ0v) is 10.2. The fraction of sp³-hybridized carbons (Fsp3) is 0. The van der Waals surface area contributed by atoms with Crippen molar-refractivity contribution in [2.75, 3.05) is 0 Å². The Morgan fingerprint density at radius 2 is 1.84 bits per heavy atom. The molecule has 19 heavy (non-hydrogen) atoms. The molecule has 2 aromatic carbocycles. The van der Waals surface area contributed by atoms with Crippen molar-refractivity contribution in [3.05, 3.63) is 78.3 Å². The SMILES string of the molecule is O=C(C=Cc1ccc2ccccc2c1)c1ccoc1. The summed E-state index contributed by atoms with van der Waals surface area (Å²) in [6.07, 6.45) is 6.33. The van der Waals surface area contributed by atoms with E-state index in [2.05, 4.69) is 24.3 Å². The van der Waals surface area contributed by atoms with Crippen molar-refractivity contribution >= 4 is 22.6 Å². The lowest BCUT2D eigenvalue weighted by molar-refractivity contribution is 0.104. The molecule has 0 N–H and O–H groups in total. The number of carbonyl (C=O) groups excluding carboxylic acids is 1. The molecule has 0 atom stereocenters. The molecule has 2 nitrogen and oxygen atoms in total. The summed E-state index contributed by atoms with van der Waals surface area (Å²) in [6, 6.07) is 15.9. The zero-order chi connectivity index (χ0) is 13.1. The maximum Gasteiger partial charge on any atom is 0.189 e.